The quantitative estimate of drug-likeness (QED) is 0.815. The SMILES string of the molecule is COc1cc(Cl)c(C)cc1Nc1nc(C)cc(C(=O)NCC(C)C)n1. The summed E-state index contributed by atoms with van der Waals surface area (Å²) in [5.74, 6) is 1.05. The second-order valence-corrected chi connectivity index (χ2v) is 6.66. The van der Waals surface area contributed by atoms with E-state index < -0.39 is 0 Å². The summed E-state index contributed by atoms with van der Waals surface area (Å²) in [5.41, 5.74) is 2.59. The van der Waals surface area contributed by atoms with Crippen LogP contribution in [0.1, 0.15) is 35.6 Å². The first-order valence-corrected chi connectivity index (χ1v) is 8.43. The maximum atomic E-state index is 12.3. The van der Waals surface area contributed by atoms with Gasteiger partial charge in [-0.15, -0.1) is 0 Å². The Labute approximate surface area is 153 Å². The van der Waals surface area contributed by atoms with E-state index in [9.17, 15) is 4.79 Å². The number of halogens is 1. The summed E-state index contributed by atoms with van der Waals surface area (Å²) in [6, 6.07) is 5.24. The van der Waals surface area contributed by atoms with Gasteiger partial charge in [-0.3, -0.25) is 4.79 Å². The van der Waals surface area contributed by atoms with E-state index in [1.54, 1.807) is 19.2 Å². The summed E-state index contributed by atoms with van der Waals surface area (Å²) >= 11 is 6.13. The molecule has 7 heteroatoms. The molecule has 1 heterocycles. The number of hydrogen-bond acceptors (Lipinski definition) is 5. The van der Waals surface area contributed by atoms with Crippen molar-refractivity contribution >= 4 is 29.1 Å². The lowest BCUT2D eigenvalue weighted by molar-refractivity contribution is 0.0944. The Morgan fingerprint density at radius 1 is 1.24 bits per heavy atom. The van der Waals surface area contributed by atoms with Gasteiger partial charge < -0.3 is 15.4 Å². The summed E-state index contributed by atoms with van der Waals surface area (Å²) in [7, 11) is 1.56. The molecule has 25 heavy (non-hydrogen) atoms. The van der Waals surface area contributed by atoms with Crippen molar-refractivity contribution in [1.29, 1.82) is 0 Å². The van der Waals surface area contributed by atoms with E-state index in [1.165, 1.54) is 0 Å². The van der Waals surface area contributed by atoms with E-state index >= 15 is 0 Å². The van der Waals surface area contributed by atoms with Crippen LogP contribution in [0.25, 0.3) is 0 Å². The Kier molecular flexibility index (Phi) is 6.20. The summed E-state index contributed by atoms with van der Waals surface area (Å²) in [5, 5.41) is 6.58. The fourth-order valence-corrected chi connectivity index (χ4v) is 2.33. The van der Waals surface area contributed by atoms with Crippen LogP contribution in [-0.2, 0) is 0 Å². The predicted molar refractivity (Wildman–Crippen MR) is 100.0 cm³/mol. The lowest BCUT2D eigenvalue weighted by Crippen LogP contribution is -2.28. The minimum absolute atomic E-state index is 0.221. The van der Waals surface area contributed by atoms with Crippen molar-refractivity contribution in [1.82, 2.24) is 15.3 Å². The monoisotopic (exact) mass is 362 g/mol. The molecule has 0 saturated heterocycles. The van der Waals surface area contributed by atoms with Gasteiger partial charge >= 0.3 is 0 Å². The molecule has 2 N–H and O–H groups in total. The van der Waals surface area contributed by atoms with Crippen molar-refractivity contribution in [2.24, 2.45) is 5.92 Å². The molecule has 0 aliphatic carbocycles. The molecule has 0 aliphatic rings. The zero-order chi connectivity index (χ0) is 18.6. The number of nitrogens with one attached hydrogen (secondary N) is 2. The molecular formula is C18H23ClN4O2. The average Bonchev–Trinajstić information content (AvgIpc) is 2.55. The third-order valence-corrected chi connectivity index (χ3v) is 3.89. The standard InChI is InChI=1S/C18H23ClN4O2/c1-10(2)9-20-17(24)15-7-12(4)21-18(23-15)22-14-6-11(3)13(19)8-16(14)25-5/h6-8,10H,9H2,1-5H3,(H,20,24)(H,21,22,23). The lowest BCUT2D eigenvalue weighted by atomic mass is 10.2. The van der Waals surface area contributed by atoms with Gasteiger partial charge in [0.05, 0.1) is 12.8 Å². The van der Waals surface area contributed by atoms with Crippen molar-refractivity contribution in [3.63, 3.8) is 0 Å². The predicted octanol–water partition coefficient (Wildman–Crippen LogP) is 3.88. The minimum Gasteiger partial charge on any atom is -0.495 e. The number of carbonyl (C=O) groups is 1. The average molecular weight is 363 g/mol. The number of hydrogen-bond donors (Lipinski definition) is 2. The molecule has 0 saturated carbocycles. The molecule has 0 atom stereocenters. The van der Waals surface area contributed by atoms with Gasteiger partial charge in [-0.05, 0) is 37.5 Å². The number of anilines is 2. The van der Waals surface area contributed by atoms with E-state index in [4.69, 9.17) is 16.3 Å². The second-order valence-electron chi connectivity index (χ2n) is 6.25. The number of ether oxygens (including phenoxy) is 1. The largest absolute Gasteiger partial charge is 0.495 e. The zero-order valence-electron chi connectivity index (χ0n) is 15.1. The highest BCUT2D eigenvalue weighted by Gasteiger charge is 2.13. The van der Waals surface area contributed by atoms with Gasteiger partial charge in [0.25, 0.3) is 5.91 Å². The number of amides is 1. The third kappa shape index (κ3) is 5.06. The van der Waals surface area contributed by atoms with Crippen LogP contribution >= 0.6 is 11.6 Å². The number of aromatic nitrogens is 2. The molecular weight excluding hydrogens is 340 g/mol. The molecule has 0 unspecified atom stereocenters. The Morgan fingerprint density at radius 3 is 2.60 bits per heavy atom. The van der Waals surface area contributed by atoms with E-state index in [0.29, 0.717) is 46.3 Å². The molecule has 0 bridgehead atoms. The number of nitrogens with zero attached hydrogens (tertiary/aromatic N) is 2. The van der Waals surface area contributed by atoms with E-state index in [0.717, 1.165) is 5.56 Å². The Morgan fingerprint density at radius 2 is 1.96 bits per heavy atom. The van der Waals surface area contributed by atoms with Crippen LogP contribution in [-0.4, -0.2) is 29.5 Å². The molecule has 1 aromatic carbocycles. The van der Waals surface area contributed by atoms with Crippen molar-refractivity contribution in [3.05, 3.63) is 40.2 Å². The highest BCUT2D eigenvalue weighted by Crippen LogP contribution is 2.32. The number of benzene rings is 1. The number of aryl methyl sites for hydroxylation is 2. The molecule has 1 amide bonds. The van der Waals surface area contributed by atoms with Gasteiger partial charge in [-0.1, -0.05) is 25.4 Å². The molecule has 6 nitrogen and oxygen atoms in total. The van der Waals surface area contributed by atoms with Gasteiger partial charge in [0.15, 0.2) is 0 Å². The van der Waals surface area contributed by atoms with E-state index in [1.807, 2.05) is 33.8 Å². The van der Waals surface area contributed by atoms with Crippen LogP contribution in [0.5, 0.6) is 5.75 Å². The van der Waals surface area contributed by atoms with Gasteiger partial charge in [0.1, 0.15) is 11.4 Å². The van der Waals surface area contributed by atoms with Gasteiger partial charge in [0, 0.05) is 23.3 Å². The maximum absolute atomic E-state index is 12.3. The zero-order valence-corrected chi connectivity index (χ0v) is 15.9. The van der Waals surface area contributed by atoms with Gasteiger partial charge in [-0.2, -0.15) is 0 Å². The highest BCUT2D eigenvalue weighted by atomic mass is 35.5. The first kappa shape index (κ1) is 19.0. The first-order chi connectivity index (χ1) is 11.8. The normalized spacial score (nSPS) is 10.7. The molecule has 0 fully saturated rings. The smallest absolute Gasteiger partial charge is 0.270 e. The van der Waals surface area contributed by atoms with Gasteiger partial charge in [-0.25, -0.2) is 9.97 Å². The summed E-state index contributed by atoms with van der Waals surface area (Å²) in [6.45, 7) is 8.38. The Balaban J connectivity index is 2.29. The van der Waals surface area contributed by atoms with E-state index in [-0.39, 0.29) is 5.91 Å². The summed E-state index contributed by atoms with van der Waals surface area (Å²) in [6.07, 6.45) is 0. The number of carbonyl (C=O) groups excluding carboxylic acids is 1. The molecule has 2 rings (SSSR count). The number of methoxy groups -OCH3 is 1. The first-order valence-electron chi connectivity index (χ1n) is 8.05. The van der Waals surface area contributed by atoms with Crippen molar-refractivity contribution < 1.29 is 9.53 Å². The van der Waals surface area contributed by atoms with Crippen molar-refractivity contribution in [3.8, 4) is 5.75 Å². The van der Waals surface area contributed by atoms with Crippen LogP contribution in [0, 0.1) is 19.8 Å². The van der Waals surface area contributed by atoms with E-state index in [2.05, 4.69) is 20.6 Å². The van der Waals surface area contributed by atoms with Crippen LogP contribution in [0.3, 0.4) is 0 Å². The molecule has 1 aromatic heterocycles. The number of rotatable bonds is 6. The fourth-order valence-electron chi connectivity index (χ4n) is 2.18. The molecule has 2 aromatic rings. The minimum atomic E-state index is -0.221. The third-order valence-electron chi connectivity index (χ3n) is 3.48. The fraction of sp³-hybridized carbons (Fsp3) is 0.389. The highest BCUT2D eigenvalue weighted by molar-refractivity contribution is 6.31. The van der Waals surface area contributed by atoms with Crippen LogP contribution in [0.2, 0.25) is 5.02 Å². The topological polar surface area (TPSA) is 76.1 Å². The van der Waals surface area contributed by atoms with Crippen LogP contribution in [0.15, 0.2) is 18.2 Å². The summed E-state index contributed by atoms with van der Waals surface area (Å²) in [4.78, 5) is 20.9. The molecule has 0 spiro atoms. The summed E-state index contributed by atoms with van der Waals surface area (Å²) < 4.78 is 5.34. The van der Waals surface area contributed by atoms with Gasteiger partial charge in [0.2, 0.25) is 5.95 Å². The molecule has 0 aliphatic heterocycles. The molecule has 134 valence electrons. The lowest BCUT2D eigenvalue weighted by Gasteiger charge is -2.13. The maximum Gasteiger partial charge on any atom is 0.270 e. The molecule has 0 radical (unpaired) electrons. The van der Waals surface area contributed by atoms with Crippen molar-refractivity contribution in [2.75, 3.05) is 19.0 Å². The Hall–Kier alpha value is -2.34. The van der Waals surface area contributed by atoms with Crippen LogP contribution < -0.4 is 15.4 Å². The Bertz CT molecular complexity index is 778. The second kappa shape index (κ2) is 8.16. The van der Waals surface area contributed by atoms with Crippen LogP contribution in [0.4, 0.5) is 11.6 Å². The van der Waals surface area contributed by atoms with Crippen molar-refractivity contribution in [2.45, 2.75) is 27.7 Å².